The van der Waals surface area contributed by atoms with E-state index in [2.05, 4.69) is 10.1 Å². The van der Waals surface area contributed by atoms with E-state index in [1.165, 1.54) is 0 Å². The van der Waals surface area contributed by atoms with Crippen molar-refractivity contribution in [3.8, 4) is 0 Å². The predicted octanol–water partition coefficient (Wildman–Crippen LogP) is 2.20. The molecular weight excluding hydrogens is 351 g/mol. The summed E-state index contributed by atoms with van der Waals surface area (Å²) in [5.41, 5.74) is 2.00. The van der Waals surface area contributed by atoms with E-state index in [0.717, 1.165) is 43.1 Å². The maximum absolute atomic E-state index is 12.2. The molecule has 146 valence electrons. The summed E-state index contributed by atoms with van der Waals surface area (Å²) in [6.07, 6.45) is -3.83. The minimum Gasteiger partial charge on any atom is -0.377 e. The second kappa shape index (κ2) is 7.56. The van der Waals surface area contributed by atoms with Gasteiger partial charge in [0.25, 0.3) is 0 Å². The zero-order chi connectivity index (χ0) is 18.9. The molecule has 3 heterocycles. The number of aromatic nitrogens is 1. The van der Waals surface area contributed by atoms with E-state index in [4.69, 9.17) is 9.26 Å². The van der Waals surface area contributed by atoms with Crippen LogP contribution < -0.4 is 5.32 Å². The molecule has 2 aliphatic heterocycles. The number of rotatable bonds is 5. The number of hydrogen-bond acceptors (Lipinski definition) is 5. The monoisotopic (exact) mass is 375 g/mol. The van der Waals surface area contributed by atoms with Crippen LogP contribution in [0.5, 0.6) is 0 Å². The molecule has 0 bridgehead atoms. The van der Waals surface area contributed by atoms with Crippen molar-refractivity contribution in [1.82, 2.24) is 15.4 Å². The van der Waals surface area contributed by atoms with Crippen molar-refractivity contribution in [3.63, 3.8) is 0 Å². The molecule has 0 aliphatic carbocycles. The van der Waals surface area contributed by atoms with E-state index in [1.54, 1.807) is 0 Å². The fraction of sp³-hybridized carbons (Fsp3) is 0.765. The topological polar surface area (TPSA) is 67.6 Å². The quantitative estimate of drug-likeness (QED) is 0.855. The molecule has 9 heteroatoms. The average molecular weight is 375 g/mol. The van der Waals surface area contributed by atoms with Crippen molar-refractivity contribution in [1.29, 1.82) is 0 Å². The van der Waals surface area contributed by atoms with Crippen LogP contribution in [0.4, 0.5) is 13.2 Å². The van der Waals surface area contributed by atoms with Gasteiger partial charge in [-0.3, -0.25) is 9.69 Å². The first-order valence-electron chi connectivity index (χ1n) is 8.82. The molecule has 0 radical (unpaired) electrons. The highest BCUT2D eigenvalue weighted by atomic mass is 19.4. The number of ether oxygens (including phenoxy) is 1. The summed E-state index contributed by atoms with van der Waals surface area (Å²) in [4.78, 5) is 14.1. The van der Waals surface area contributed by atoms with Gasteiger partial charge in [0.05, 0.1) is 24.8 Å². The Kier molecular flexibility index (Phi) is 5.57. The number of piperidine rings is 1. The van der Waals surface area contributed by atoms with Gasteiger partial charge in [-0.1, -0.05) is 5.16 Å². The van der Waals surface area contributed by atoms with Crippen LogP contribution in [0.1, 0.15) is 29.9 Å². The Bertz CT molecular complexity index is 627. The van der Waals surface area contributed by atoms with E-state index >= 15 is 0 Å². The number of amides is 1. The van der Waals surface area contributed by atoms with Gasteiger partial charge in [-0.15, -0.1) is 0 Å². The zero-order valence-electron chi connectivity index (χ0n) is 14.9. The largest absolute Gasteiger partial charge is 0.405 e. The fourth-order valence-electron chi connectivity index (χ4n) is 3.92. The molecular formula is C17H24F3N3O3. The molecule has 2 aliphatic rings. The lowest BCUT2D eigenvalue weighted by Gasteiger charge is -2.35. The third kappa shape index (κ3) is 4.56. The van der Waals surface area contributed by atoms with Crippen LogP contribution in [-0.4, -0.2) is 54.5 Å². The number of halogens is 3. The number of nitrogens with one attached hydrogen (secondary N) is 1. The predicted molar refractivity (Wildman–Crippen MR) is 86.3 cm³/mol. The lowest BCUT2D eigenvalue weighted by atomic mass is 9.83. The van der Waals surface area contributed by atoms with Gasteiger partial charge in [-0.2, -0.15) is 13.2 Å². The molecule has 0 unspecified atom stereocenters. The molecule has 2 saturated heterocycles. The summed E-state index contributed by atoms with van der Waals surface area (Å²) in [7, 11) is 0. The first-order chi connectivity index (χ1) is 12.2. The Hall–Kier alpha value is -1.61. The number of fused-ring (bicyclic) bond motifs is 1. The average Bonchev–Trinajstić information content (AvgIpc) is 3.10. The third-order valence-corrected chi connectivity index (χ3v) is 5.31. The van der Waals surface area contributed by atoms with Gasteiger partial charge in [0, 0.05) is 24.6 Å². The molecule has 6 nitrogen and oxygen atoms in total. The Morgan fingerprint density at radius 2 is 2.15 bits per heavy atom. The highest BCUT2D eigenvalue weighted by Gasteiger charge is 2.42. The zero-order valence-corrected chi connectivity index (χ0v) is 14.9. The molecule has 1 amide bonds. The second-order valence-electron chi connectivity index (χ2n) is 7.22. The molecule has 0 aromatic carbocycles. The Morgan fingerprint density at radius 1 is 1.38 bits per heavy atom. The minimum atomic E-state index is -4.39. The second-order valence-corrected chi connectivity index (χ2v) is 7.22. The Morgan fingerprint density at radius 3 is 2.81 bits per heavy atom. The molecule has 0 spiro atoms. The third-order valence-electron chi connectivity index (χ3n) is 5.31. The van der Waals surface area contributed by atoms with Crippen molar-refractivity contribution in [2.45, 2.75) is 45.5 Å². The summed E-state index contributed by atoms with van der Waals surface area (Å²) < 4.78 is 47.5. The first kappa shape index (κ1) is 19.2. The van der Waals surface area contributed by atoms with Crippen LogP contribution >= 0.6 is 0 Å². The maximum atomic E-state index is 12.2. The van der Waals surface area contributed by atoms with Crippen LogP contribution in [0.15, 0.2) is 4.52 Å². The van der Waals surface area contributed by atoms with Gasteiger partial charge in [0.1, 0.15) is 12.3 Å². The van der Waals surface area contributed by atoms with Crippen LogP contribution in [0.3, 0.4) is 0 Å². The standard InChI is InChI=1S/C17H24F3N3O3/c1-10-14(11(2)26-22-10)7-23-4-3-13-12(6-23)8-25-15(13)5-16(24)21-9-17(18,19)20/h12-13,15H,3-9H2,1-2H3,(H,21,24)/t12-,13-,15+/m1/s1. The van der Waals surface area contributed by atoms with Crippen molar-refractivity contribution in [3.05, 3.63) is 17.0 Å². The normalized spacial score (nSPS) is 26.7. The van der Waals surface area contributed by atoms with Gasteiger partial charge >= 0.3 is 6.18 Å². The lowest BCUT2D eigenvalue weighted by molar-refractivity contribution is -0.140. The van der Waals surface area contributed by atoms with Gasteiger partial charge in [0.15, 0.2) is 0 Å². The van der Waals surface area contributed by atoms with Gasteiger partial charge in [-0.05, 0) is 32.7 Å². The number of likely N-dealkylation sites (tertiary alicyclic amines) is 1. The molecule has 1 aromatic rings. The van der Waals surface area contributed by atoms with Crippen LogP contribution in [0.25, 0.3) is 0 Å². The highest BCUT2D eigenvalue weighted by molar-refractivity contribution is 5.76. The fourth-order valence-corrected chi connectivity index (χ4v) is 3.92. The molecule has 1 aromatic heterocycles. The Balaban J connectivity index is 1.50. The van der Waals surface area contributed by atoms with Crippen LogP contribution in [0.2, 0.25) is 0 Å². The number of alkyl halides is 3. The molecule has 1 N–H and O–H groups in total. The van der Waals surface area contributed by atoms with Crippen molar-refractivity contribution >= 4 is 5.91 Å². The number of aryl methyl sites for hydroxylation is 2. The Labute approximate surface area is 150 Å². The summed E-state index contributed by atoms with van der Waals surface area (Å²) in [6.45, 7) is 5.53. The summed E-state index contributed by atoms with van der Waals surface area (Å²) >= 11 is 0. The maximum Gasteiger partial charge on any atom is 0.405 e. The SMILES string of the molecule is Cc1noc(C)c1CN1CC[C@@H]2[C@@H](CO[C@H]2CC(=O)NCC(F)(F)F)C1. The van der Waals surface area contributed by atoms with Crippen molar-refractivity contribution < 1.29 is 27.2 Å². The van der Waals surface area contributed by atoms with Crippen LogP contribution in [0, 0.1) is 25.7 Å². The van der Waals surface area contributed by atoms with E-state index in [1.807, 2.05) is 19.2 Å². The molecule has 2 fully saturated rings. The van der Waals surface area contributed by atoms with Gasteiger partial charge in [-0.25, -0.2) is 0 Å². The summed E-state index contributed by atoms with van der Waals surface area (Å²) in [5.74, 6) is 0.731. The van der Waals surface area contributed by atoms with Crippen molar-refractivity contribution in [2.24, 2.45) is 11.8 Å². The van der Waals surface area contributed by atoms with Crippen molar-refractivity contribution in [2.75, 3.05) is 26.2 Å². The number of hydrogen-bond donors (Lipinski definition) is 1. The molecule has 26 heavy (non-hydrogen) atoms. The lowest BCUT2D eigenvalue weighted by Crippen LogP contribution is -2.42. The summed E-state index contributed by atoms with van der Waals surface area (Å²) in [5, 5.41) is 5.90. The molecule has 3 atom stereocenters. The van der Waals surface area contributed by atoms with Crippen LogP contribution in [-0.2, 0) is 16.1 Å². The molecule has 3 rings (SSSR count). The summed E-state index contributed by atoms with van der Waals surface area (Å²) in [6, 6.07) is 0. The van der Waals surface area contributed by atoms with Gasteiger partial charge < -0.3 is 14.6 Å². The number of nitrogens with zero attached hydrogens (tertiary/aromatic N) is 2. The van der Waals surface area contributed by atoms with E-state index < -0.39 is 18.6 Å². The smallest absolute Gasteiger partial charge is 0.377 e. The molecule has 0 saturated carbocycles. The number of carbonyl (C=O) groups is 1. The van der Waals surface area contributed by atoms with Gasteiger partial charge in [0.2, 0.25) is 5.91 Å². The van der Waals surface area contributed by atoms with E-state index in [9.17, 15) is 18.0 Å². The number of carbonyl (C=O) groups excluding carboxylic acids is 1. The first-order valence-corrected chi connectivity index (χ1v) is 8.82. The highest BCUT2D eigenvalue weighted by Crippen LogP contribution is 2.36. The van der Waals surface area contributed by atoms with E-state index in [-0.39, 0.29) is 18.4 Å². The van der Waals surface area contributed by atoms with E-state index in [0.29, 0.717) is 12.5 Å². The minimum absolute atomic E-state index is 0.0128.